The molecule has 0 aliphatic heterocycles. The van der Waals surface area contributed by atoms with Crippen molar-refractivity contribution in [2.75, 3.05) is 13.6 Å². The fourth-order valence-corrected chi connectivity index (χ4v) is 1.99. The van der Waals surface area contributed by atoms with Gasteiger partial charge in [0.2, 0.25) is 0 Å². The zero-order chi connectivity index (χ0) is 17.7. The zero-order valence-corrected chi connectivity index (χ0v) is 12.9. The van der Waals surface area contributed by atoms with Gasteiger partial charge in [-0.2, -0.15) is 13.2 Å². The highest BCUT2D eigenvalue weighted by Crippen LogP contribution is 2.32. The van der Waals surface area contributed by atoms with Crippen molar-refractivity contribution in [1.29, 1.82) is 0 Å². The van der Waals surface area contributed by atoms with E-state index in [1.54, 1.807) is 24.3 Å². The molecule has 0 aliphatic rings. The maximum atomic E-state index is 12.7. The number of likely N-dealkylation sites (N-methyl/N-ethyl adjacent to an activating group) is 1. The first-order valence-corrected chi connectivity index (χ1v) is 7.14. The number of amides is 1. The molecule has 128 valence electrons. The van der Waals surface area contributed by atoms with Crippen molar-refractivity contribution in [2.45, 2.75) is 12.6 Å². The minimum Gasteiger partial charge on any atom is -0.465 e. The second-order valence-corrected chi connectivity index (χ2v) is 5.23. The molecule has 0 saturated heterocycles. The Morgan fingerprint density at radius 1 is 1.12 bits per heavy atom. The van der Waals surface area contributed by atoms with E-state index in [2.05, 4.69) is 0 Å². The van der Waals surface area contributed by atoms with Crippen LogP contribution in [0.4, 0.5) is 18.0 Å². The highest BCUT2D eigenvalue weighted by molar-refractivity contribution is 5.64. The summed E-state index contributed by atoms with van der Waals surface area (Å²) in [4.78, 5) is 11.9. The molecular weight excluding hydrogens is 323 g/mol. The van der Waals surface area contributed by atoms with Crippen LogP contribution in [0.2, 0.25) is 0 Å². The first kappa shape index (κ1) is 17.7. The number of halogens is 3. The number of rotatable bonds is 5. The lowest BCUT2D eigenvalue weighted by Crippen LogP contribution is -2.26. The minimum atomic E-state index is -4.42. The van der Waals surface area contributed by atoms with Gasteiger partial charge >= 0.3 is 12.3 Å². The summed E-state index contributed by atoms with van der Waals surface area (Å²) in [7, 11) is 1.48. The van der Waals surface area contributed by atoms with Crippen molar-refractivity contribution < 1.29 is 27.8 Å². The number of hydrogen-bond donors (Lipinski definition) is 1. The van der Waals surface area contributed by atoms with E-state index in [0.29, 0.717) is 18.7 Å². The number of alkyl halides is 3. The average molecular weight is 339 g/mol. The summed E-state index contributed by atoms with van der Waals surface area (Å²) in [5, 5.41) is 8.77. The summed E-state index contributed by atoms with van der Waals surface area (Å²) < 4.78 is 43.4. The van der Waals surface area contributed by atoms with Crippen molar-refractivity contribution in [2.24, 2.45) is 0 Å². The van der Waals surface area contributed by atoms with Crippen LogP contribution in [0, 0.1) is 0 Å². The smallest absolute Gasteiger partial charge is 0.416 e. The van der Waals surface area contributed by atoms with Gasteiger partial charge in [-0.05, 0) is 42.3 Å². The van der Waals surface area contributed by atoms with Gasteiger partial charge in [0.25, 0.3) is 0 Å². The van der Waals surface area contributed by atoms with E-state index in [1.807, 2.05) is 0 Å². The van der Waals surface area contributed by atoms with Crippen LogP contribution in [-0.4, -0.2) is 29.7 Å². The lowest BCUT2D eigenvalue weighted by atomic mass is 10.1. The molecule has 7 heteroatoms. The highest BCUT2D eigenvalue weighted by Gasteiger charge is 2.30. The van der Waals surface area contributed by atoms with Crippen molar-refractivity contribution in [3.63, 3.8) is 0 Å². The number of nitrogens with zero attached hydrogens (tertiary/aromatic N) is 1. The van der Waals surface area contributed by atoms with Crippen LogP contribution in [0.5, 0.6) is 11.5 Å². The summed E-state index contributed by atoms with van der Waals surface area (Å²) in [6, 6.07) is 11.4. The van der Waals surface area contributed by atoms with Gasteiger partial charge in [0.15, 0.2) is 0 Å². The maximum absolute atomic E-state index is 12.7. The second kappa shape index (κ2) is 7.25. The molecule has 4 nitrogen and oxygen atoms in total. The first-order valence-electron chi connectivity index (χ1n) is 7.14. The molecule has 2 aromatic carbocycles. The molecule has 0 spiro atoms. The SMILES string of the molecule is CN(CCc1ccc(Oc2cccc(C(F)(F)F)c2)cc1)C(=O)O. The molecule has 0 saturated carbocycles. The van der Waals surface area contributed by atoms with Gasteiger partial charge in [-0.3, -0.25) is 0 Å². The Morgan fingerprint density at radius 3 is 2.38 bits per heavy atom. The van der Waals surface area contributed by atoms with Crippen LogP contribution >= 0.6 is 0 Å². The van der Waals surface area contributed by atoms with E-state index in [9.17, 15) is 18.0 Å². The number of hydrogen-bond acceptors (Lipinski definition) is 2. The molecule has 24 heavy (non-hydrogen) atoms. The molecule has 2 rings (SSSR count). The molecule has 0 bridgehead atoms. The van der Waals surface area contributed by atoms with Crippen LogP contribution in [0.25, 0.3) is 0 Å². The third-order valence-corrected chi connectivity index (χ3v) is 3.38. The molecule has 0 fully saturated rings. The third kappa shape index (κ3) is 4.91. The Bertz CT molecular complexity index is 699. The van der Waals surface area contributed by atoms with E-state index in [-0.39, 0.29) is 5.75 Å². The van der Waals surface area contributed by atoms with Gasteiger partial charge < -0.3 is 14.7 Å². The number of carbonyl (C=O) groups is 1. The van der Waals surface area contributed by atoms with Crippen molar-refractivity contribution in [1.82, 2.24) is 4.90 Å². The van der Waals surface area contributed by atoms with Crippen molar-refractivity contribution >= 4 is 6.09 Å². The van der Waals surface area contributed by atoms with Gasteiger partial charge in [0.1, 0.15) is 11.5 Å². The van der Waals surface area contributed by atoms with Crippen LogP contribution in [-0.2, 0) is 12.6 Å². The molecule has 1 N–H and O–H groups in total. The molecule has 1 amide bonds. The molecule has 0 atom stereocenters. The Balaban J connectivity index is 2.00. The number of carboxylic acid groups (broad SMARTS) is 1. The standard InChI is InChI=1S/C17H16F3NO3/c1-21(16(22)23)10-9-12-5-7-14(8-6-12)24-15-4-2-3-13(11-15)17(18,19)20/h2-8,11H,9-10H2,1H3,(H,22,23). The first-order chi connectivity index (χ1) is 11.3. The fraction of sp³-hybridized carbons (Fsp3) is 0.235. The monoisotopic (exact) mass is 339 g/mol. The van der Waals surface area contributed by atoms with Crippen LogP contribution in [0.1, 0.15) is 11.1 Å². The Morgan fingerprint density at radius 2 is 1.79 bits per heavy atom. The average Bonchev–Trinajstić information content (AvgIpc) is 2.53. The Kier molecular flexibility index (Phi) is 5.33. The van der Waals surface area contributed by atoms with Gasteiger partial charge in [-0.25, -0.2) is 4.79 Å². The van der Waals surface area contributed by atoms with Crippen LogP contribution in [0.15, 0.2) is 48.5 Å². The van der Waals surface area contributed by atoms with Gasteiger partial charge in [-0.15, -0.1) is 0 Å². The van der Waals surface area contributed by atoms with Crippen LogP contribution in [0.3, 0.4) is 0 Å². The fourth-order valence-electron chi connectivity index (χ4n) is 1.99. The summed E-state index contributed by atoms with van der Waals surface area (Å²) in [5.41, 5.74) is 0.132. The molecule has 0 heterocycles. The van der Waals surface area contributed by atoms with E-state index < -0.39 is 17.8 Å². The molecular formula is C17H16F3NO3. The van der Waals surface area contributed by atoms with E-state index >= 15 is 0 Å². The summed E-state index contributed by atoms with van der Waals surface area (Å²) in [6.45, 7) is 0.350. The minimum absolute atomic E-state index is 0.100. The topological polar surface area (TPSA) is 49.8 Å². The lowest BCUT2D eigenvalue weighted by Gasteiger charge is -2.13. The molecule has 2 aromatic rings. The zero-order valence-electron chi connectivity index (χ0n) is 12.9. The quantitative estimate of drug-likeness (QED) is 0.863. The Labute approximate surface area is 137 Å². The molecule has 0 aliphatic carbocycles. The van der Waals surface area contributed by atoms with Crippen molar-refractivity contribution in [3.05, 3.63) is 59.7 Å². The summed E-state index contributed by atoms with van der Waals surface area (Å²) in [6.07, 6.45) is -4.88. The van der Waals surface area contributed by atoms with Crippen molar-refractivity contribution in [3.8, 4) is 11.5 Å². The maximum Gasteiger partial charge on any atom is 0.416 e. The van der Waals surface area contributed by atoms with E-state index in [1.165, 1.54) is 24.1 Å². The summed E-state index contributed by atoms with van der Waals surface area (Å²) >= 11 is 0. The van der Waals surface area contributed by atoms with E-state index in [0.717, 1.165) is 17.7 Å². The third-order valence-electron chi connectivity index (χ3n) is 3.38. The van der Waals surface area contributed by atoms with Crippen LogP contribution < -0.4 is 4.74 Å². The Hall–Kier alpha value is -2.70. The lowest BCUT2D eigenvalue weighted by molar-refractivity contribution is -0.137. The predicted molar refractivity (Wildman–Crippen MR) is 82.3 cm³/mol. The highest BCUT2D eigenvalue weighted by atomic mass is 19.4. The van der Waals surface area contributed by atoms with Gasteiger partial charge in [-0.1, -0.05) is 18.2 Å². The summed E-state index contributed by atoms with van der Waals surface area (Å²) in [5.74, 6) is 0.507. The largest absolute Gasteiger partial charge is 0.465 e. The molecule has 0 radical (unpaired) electrons. The van der Waals surface area contributed by atoms with Gasteiger partial charge in [0.05, 0.1) is 5.56 Å². The number of ether oxygens (including phenoxy) is 1. The molecule has 0 aromatic heterocycles. The van der Waals surface area contributed by atoms with Gasteiger partial charge in [0, 0.05) is 13.6 Å². The van der Waals surface area contributed by atoms with E-state index in [4.69, 9.17) is 9.84 Å². The normalized spacial score (nSPS) is 11.2. The second-order valence-electron chi connectivity index (χ2n) is 5.23. The number of benzene rings is 2. The molecule has 0 unspecified atom stereocenters. The predicted octanol–water partition coefficient (Wildman–Crippen LogP) is 4.65.